The highest BCUT2D eigenvalue weighted by Crippen LogP contribution is 2.19. The quantitative estimate of drug-likeness (QED) is 0.0261. The molecule has 0 aliphatic rings. The van der Waals surface area contributed by atoms with Crippen molar-refractivity contribution >= 4 is 17.9 Å². The lowest BCUT2D eigenvalue weighted by atomic mass is 10.0. The minimum Gasteiger partial charge on any atom is -0.462 e. The Morgan fingerprint density at radius 2 is 0.398 bits per heavy atom. The van der Waals surface area contributed by atoms with E-state index in [4.69, 9.17) is 14.2 Å². The van der Waals surface area contributed by atoms with Crippen molar-refractivity contribution in [1.82, 2.24) is 0 Å². The van der Waals surface area contributed by atoms with E-state index in [1.165, 1.54) is 334 Å². The van der Waals surface area contributed by atoms with Crippen LogP contribution in [0.3, 0.4) is 0 Å². The third-order valence-electron chi connectivity index (χ3n) is 17.4. The first-order valence-electron chi connectivity index (χ1n) is 37.8. The van der Waals surface area contributed by atoms with Crippen molar-refractivity contribution < 1.29 is 28.6 Å². The fraction of sp³-hybridized carbons (Fsp3) is 0.909. The van der Waals surface area contributed by atoms with Crippen LogP contribution in [0.2, 0.25) is 0 Å². The smallest absolute Gasteiger partial charge is 0.306 e. The van der Waals surface area contributed by atoms with Gasteiger partial charge in [-0.05, 0) is 70.6 Å². The predicted molar refractivity (Wildman–Crippen MR) is 363 cm³/mol. The monoisotopic (exact) mass is 1170 g/mol. The largest absolute Gasteiger partial charge is 0.462 e. The molecule has 0 saturated heterocycles. The first kappa shape index (κ1) is 80.9. The zero-order chi connectivity index (χ0) is 59.9. The van der Waals surface area contributed by atoms with E-state index in [9.17, 15) is 14.4 Å². The molecule has 0 radical (unpaired) electrons. The van der Waals surface area contributed by atoms with Crippen LogP contribution in [-0.4, -0.2) is 37.2 Å². The number of carbonyl (C=O) groups is 3. The van der Waals surface area contributed by atoms with E-state index in [1.54, 1.807) is 0 Å². The molecule has 0 amide bonds. The average Bonchev–Trinajstić information content (AvgIpc) is 3.49. The van der Waals surface area contributed by atoms with Crippen molar-refractivity contribution in [2.24, 2.45) is 0 Å². The molecule has 6 heteroatoms. The molecule has 1 atom stereocenters. The summed E-state index contributed by atoms with van der Waals surface area (Å²) in [5.74, 6) is -0.836. The second-order valence-electron chi connectivity index (χ2n) is 25.9. The van der Waals surface area contributed by atoms with Crippen LogP contribution in [0, 0.1) is 0 Å². The van der Waals surface area contributed by atoms with E-state index in [-0.39, 0.29) is 31.1 Å². The van der Waals surface area contributed by atoms with Gasteiger partial charge in [-0.3, -0.25) is 14.4 Å². The first-order valence-corrected chi connectivity index (χ1v) is 37.8. The molecule has 0 aliphatic carbocycles. The Bertz CT molecular complexity index is 1340. The van der Waals surface area contributed by atoms with Crippen LogP contribution >= 0.6 is 0 Å². The summed E-state index contributed by atoms with van der Waals surface area (Å²) in [6.07, 6.45) is 89.7. The van der Waals surface area contributed by atoms with Crippen LogP contribution in [-0.2, 0) is 28.6 Å². The van der Waals surface area contributed by atoms with Crippen molar-refractivity contribution in [3.05, 3.63) is 24.3 Å². The fourth-order valence-corrected chi connectivity index (χ4v) is 11.7. The molecule has 6 nitrogen and oxygen atoms in total. The Morgan fingerprint density at radius 1 is 0.229 bits per heavy atom. The van der Waals surface area contributed by atoms with Gasteiger partial charge in [0.2, 0.25) is 0 Å². The van der Waals surface area contributed by atoms with Gasteiger partial charge in [0, 0.05) is 19.3 Å². The standard InChI is InChI=1S/C77H146O6/c1-4-7-10-13-16-19-21-23-25-27-29-31-33-34-35-36-37-38-39-40-41-42-44-45-47-49-51-53-55-58-61-64-67-70-76(79)82-73-74(72-81-75(78)69-66-63-60-57-18-15-12-9-6-3)83-77(80)71-68-65-62-59-56-54-52-50-48-46-43-32-30-28-26-24-22-20-17-14-11-8-5-2/h27-30,74H,4-26,31-73H2,1-3H3/b29-27-,30-28-. The number of hydrogen-bond donors (Lipinski definition) is 0. The Morgan fingerprint density at radius 3 is 0.602 bits per heavy atom. The van der Waals surface area contributed by atoms with Crippen LogP contribution in [0.15, 0.2) is 24.3 Å². The molecular weight excluding hydrogens is 1020 g/mol. The zero-order valence-corrected chi connectivity index (χ0v) is 56.5. The summed E-state index contributed by atoms with van der Waals surface area (Å²) in [6.45, 7) is 6.70. The molecule has 490 valence electrons. The topological polar surface area (TPSA) is 78.9 Å². The molecule has 0 N–H and O–H groups in total. The number of allylic oxidation sites excluding steroid dienone is 4. The van der Waals surface area contributed by atoms with E-state index in [1.807, 2.05) is 0 Å². The van der Waals surface area contributed by atoms with Crippen LogP contribution in [0.5, 0.6) is 0 Å². The Kier molecular flexibility index (Phi) is 70.5. The molecular formula is C77H146O6. The molecule has 83 heavy (non-hydrogen) atoms. The molecule has 0 fully saturated rings. The SMILES string of the molecule is CCCCCCCCCC/C=C\CCCCCCCCCCCCCCCCCCCCCCCC(=O)OCC(COC(=O)CCCCCCCCCCC)OC(=O)CCCCCCCCCCCCC/C=C\CCCCCCCCCC. The predicted octanol–water partition coefficient (Wildman–Crippen LogP) is 26.1. The lowest BCUT2D eigenvalue weighted by molar-refractivity contribution is -0.167. The summed E-state index contributed by atoms with van der Waals surface area (Å²) in [7, 11) is 0. The summed E-state index contributed by atoms with van der Waals surface area (Å²) >= 11 is 0. The number of esters is 3. The molecule has 1 unspecified atom stereocenters. The van der Waals surface area contributed by atoms with Crippen molar-refractivity contribution in [1.29, 1.82) is 0 Å². The molecule has 0 heterocycles. The minimum atomic E-state index is -0.767. The van der Waals surface area contributed by atoms with Crippen molar-refractivity contribution in [3.63, 3.8) is 0 Å². The van der Waals surface area contributed by atoms with E-state index < -0.39 is 6.10 Å². The molecule has 0 rings (SSSR count). The number of rotatable bonds is 71. The van der Waals surface area contributed by atoms with Crippen molar-refractivity contribution in [2.45, 2.75) is 438 Å². The summed E-state index contributed by atoms with van der Waals surface area (Å²) in [6, 6.07) is 0. The molecule has 0 aliphatic heterocycles. The number of ether oxygens (including phenoxy) is 3. The van der Waals surface area contributed by atoms with Crippen LogP contribution < -0.4 is 0 Å². The van der Waals surface area contributed by atoms with Gasteiger partial charge < -0.3 is 14.2 Å². The van der Waals surface area contributed by atoms with Gasteiger partial charge in [-0.15, -0.1) is 0 Å². The second-order valence-corrected chi connectivity index (χ2v) is 25.9. The molecule has 0 aromatic heterocycles. The zero-order valence-electron chi connectivity index (χ0n) is 56.5. The highest BCUT2D eigenvalue weighted by atomic mass is 16.6. The Hall–Kier alpha value is -2.11. The van der Waals surface area contributed by atoms with Gasteiger partial charge in [0.25, 0.3) is 0 Å². The Balaban J connectivity index is 4.02. The third-order valence-corrected chi connectivity index (χ3v) is 17.4. The molecule has 0 aromatic carbocycles. The lowest BCUT2D eigenvalue weighted by Gasteiger charge is -2.18. The van der Waals surface area contributed by atoms with Crippen molar-refractivity contribution in [3.8, 4) is 0 Å². The average molecular weight is 1170 g/mol. The first-order chi connectivity index (χ1) is 41.0. The highest BCUT2D eigenvalue weighted by molar-refractivity contribution is 5.71. The summed E-state index contributed by atoms with van der Waals surface area (Å²) in [5, 5.41) is 0. The molecule has 0 spiro atoms. The van der Waals surface area contributed by atoms with Gasteiger partial charge in [0.05, 0.1) is 0 Å². The summed E-state index contributed by atoms with van der Waals surface area (Å²) in [4.78, 5) is 38.3. The van der Waals surface area contributed by atoms with E-state index in [2.05, 4.69) is 45.1 Å². The van der Waals surface area contributed by atoms with Gasteiger partial charge in [-0.25, -0.2) is 0 Å². The van der Waals surface area contributed by atoms with E-state index >= 15 is 0 Å². The summed E-state index contributed by atoms with van der Waals surface area (Å²) < 4.78 is 17.0. The van der Waals surface area contributed by atoms with Crippen LogP contribution in [0.1, 0.15) is 432 Å². The minimum absolute atomic E-state index is 0.0648. The van der Waals surface area contributed by atoms with Gasteiger partial charge in [-0.1, -0.05) is 366 Å². The van der Waals surface area contributed by atoms with Gasteiger partial charge in [-0.2, -0.15) is 0 Å². The Labute approximate surface area is 519 Å². The molecule has 0 saturated carbocycles. The number of hydrogen-bond acceptors (Lipinski definition) is 6. The normalized spacial score (nSPS) is 12.1. The third kappa shape index (κ3) is 70.5. The maximum absolute atomic E-state index is 12.9. The lowest BCUT2D eigenvalue weighted by Crippen LogP contribution is -2.30. The van der Waals surface area contributed by atoms with Gasteiger partial charge in [0.1, 0.15) is 13.2 Å². The van der Waals surface area contributed by atoms with E-state index in [0.717, 1.165) is 57.8 Å². The van der Waals surface area contributed by atoms with Crippen molar-refractivity contribution in [2.75, 3.05) is 13.2 Å². The maximum atomic E-state index is 12.9. The molecule has 0 aromatic rings. The van der Waals surface area contributed by atoms with Crippen LogP contribution in [0.25, 0.3) is 0 Å². The van der Waals surface area contributed by atoms with Gasteiger partial charge in [0.15, 0.2) is 6.10 Å². The highest BCUT2D eigenvalue weighted by Gasteiger charge is 2.20. The molecule has 0 bridgehead atoms. The van der Waals surface area contributed by atoms with Gasteiger partial charge >= 0.3 is 17.9 Å². The van der Waals surface area contributed by atoms with Crippen LogP contribution in [0.4, 0.5) is 0 Å². The maximum Gasteiger partial charge on any atom is 0.306 e. The van der Waals surface area contributed by atoms with E-state index in [0.29, 0.717) is 19.3 Å². The summed E-state index contributed by atoms with van der Waals surface area (Å²) in [5.41, 5.74) is 0. The second kappa shape index (κ2) is 72.4. The number of unbranched alkanes of at least 4 members (excludes halogenated alkanes) is 56. The fourth-order valence-electron chi connectivity index (χ4n) is 11.7. The number of carbonyl (C=O) groups excluding carboxylic acids is 3.